The van der Waals surface area contributed by atoms with E-state index >= 15 is 0 Å². The first kappa shape index (κ1) is 19.4. The fourth-order valence-electron chi connectivity index (χ4n) is 2.78. The molecule has 0 fully saturated rings. The minimum absolute atomic E-state index is 0.560. The monoisotopic (exact) mass is 406 g/mol. The lowest BCUT2D eigenvalue weighted by atomic mass is 10.2. The number of nitrogens with zero attached hydrogens (tertiary/aromatic N) is 7. The number of aromatic nitrogens is 6. The Morgan fingerprint density at radius 3 is 2.67 bits per heavy atom. The van der Waals surface area contributed by atoms with Crippen molar-refractivity contribution in [2.75, 3.05) is 12.4 Å². The second kappa shape index (κ2) is 8.10. The summed E-state index contributed by atoms with van der Waals surface area (Å²) in [6, 6.07) is 0. The molecule has 0 aromatic carbocycles. The molecule has 27 heavy (non-hydrogen) atoms. The number of rotatable bonds is 6. The van der Waals surface area contributed by atoms with Crippen LogP contribution in [-0.2, 0) is 26.7 Å². The molecule has 0 atom stereocenters. The van der Waals surface area contributed by atoms with E-state index in [1.54, 1.807) is 17.1 Å². The lowest BCUT2D eigenvalue weighted by Crippen LogP contribution is -2.31. The van der Waals surface area contributed by atoms with Crippen LogP contribution in [0.15, 0.2) is 24.8 Å². The van der Waals surface area contributed by atoms with Gasteiger partial charge in [-0.25, -0.2) is 0 Å². The molecule has 0 saturated carbocycles. The SMILES string of the molecule is CCn1ncc(Cn2cc(NC(=S)N(C)Cc3c(Cl)cnn3C)cn2)c1C. The Bertz CT molecular complexity index is 921. The van der Waals surface area contributed by atoms with Gasteiger partial charge in [-0.3, -0.25) is 14.0 Å². The van der Waals surface area contributed by atoms with Crippen molar-refractivity contribution < 1.29 is 0 Å². The van der Waals surface area contributed by atoms with E-state index < -0.39 is 0 Å². The van der Waals surface area contributed by atoms with E-state index in [1.807, 2.05) is 40.8 Å². The lowest BCUT2D eigenvalue weighted by molar-refractivity contribution is 0.482. The second-order valence-electron chi connectivity index (χ2n) is 6.35. The van der Waals surface area contributed by atoms with E-state index in [1.165, 1.54) is 0 Å². The molecule has 0 aliphatic carbocycles. The molecule has 0 aliphatic heterocycles. The number of anilines is 1. The van der Waals surface area contributed by atoms with Gasteiger partial charge in [0.1, 0.15) is 0 Å². The summed E-state index contributed by atoms with van der Waals surface area (Å²) >= 11 is 11.7. The highest BCUT2D eigenvalue weighted by atomic mass is 35.5. The van der Waals surface area contributed by atoms with Gasteiger partial charge in [0.05, 0.1) is 48.1 Å². The molecule has 3 rings (SSSR count). The summed E-state index contributed by atoms with van der Waals surface area (Å²) in [5.74, 6) is 0. The normalized spacial score (nSPS) is 11.0. The van der Waals surface area contributed by atoms with Crippen LogP contribution in [-0.4, -0.2) is 46.4 Å². The summed E-state index contributed by atoms with van der Waals surface area (Å²) in [5.41, 5.74) is 4.05. The molecule has 0 aliphatic rings. The molecule has 0 saturated heterocycles. The maximum absolute atomic E-state index is 6.17. The number of nitrogens with one attached hydrogen (secondary N) is 1. The third-order valence-electron chi connectivity index (χ3n) is 4.47. The summed E-state index contributed by atoms with van der Waals surface area (Å²) in [6.07, 6.45) is 7.22. The Hall–Kier alpha value is -2.39. The summed E-state index contributed by atoms with van der Waals surface area (Å²) in [4.78, 5) is 1.91. The average molecular weight is 407 g/mol. The molecule has 1 N–H and O–H groups in total. The molecule has 0 radical (unpaired) electrons. The molecule has 0 unspecified atom stereocenters. The Morgan fingerprint density at radius 2 is 2.04 bits per heavy atom. The maximum atomic E-state index is 6.17. The first-order chi connectivity index (χ1) is 12.9. The van der Waals surface area contributed by atoms with Crippen molar-refractivity contribution in [3.63, 3.8) is 0 Å². The Balaban J connectivity index is 1.61. The molecule has 0 bridgehead atoms. The average Bonchev–Trinajstić information content (AvgIpc) is 3.31. The minimum atomic E-state index is 0.560. The van der Waals surface area contributed by atoms with Crippen LogP contribution >= 0.6 is 23.8 Å². The smallest absolute Gasteiger partial charge is 0.173 e. The van der Waals surface area contributed by atoms with Gasteiger partial charge in [-0.15, -0.1) is 0 Å². The van der Waals surface area contributed by atoms with Gasteiger partial charge in [-0.1, -0.05) is 11.6 Å². The first-order valence-electron chi connectivity index (χ1n) is 8.61. The van der Waals surface area contributed by atoms with Crippen LogP contribution in [0.4, 0.5) is 5.69 Å². The van der Waals surface area contributed by atoms with Gasteiger partial charge in [-0.2, -0.15) is 15.3 Å². The fraction of sp³-hybridized carbons (Fsp3) is 0.412. The molecule has 0 spiro atoms. The molecule has 3 aromatic heterocycles. The zero-order valence-corrected chi connectivity index (χ0v) is 17.4. The number of hydrogen-bond acceptors (Lipinski definition) is 4. The summed E-state index contributed by atoms with van der Waals surface area (Å²) < 4.78 is 5.59. The second-order valence-corrected chi connectivity index (χ2v) is 7.14. The molecule has 144 valence electrons. The van der Waals surface area contributed by atoms with E-state index in [0.717, 1.165) is 29.2 Å². The summed E-state index contributed by atoms with van der Waals surface area (Å²) in [7, 11) is 3.77. The predicted molar refractivity (Wildman–Crippen MR) is 110 cm³/mol. The highest BCUT2D eigenvalue weighted by molar-refractivity contribution is 7.80. The Labute approximate surface area is 168 Å². The fourth-order valence-corrected chi connectivity index (χ4v) is 3.19. The van der Waals surface area contributed by atoms with Crippen molar-refractivity contribution in [1.82, 2.24) is 34.2 Å². The van der Waals surface area contributed by atoms with Crippen LogP contribution in [0.2, 0.25) is 5.02 Å². The Kier molecular flexibility index (Phi) is 5.81. The number of thiocarbonyl (C=S) groups is 1. The molecule has 10 heteroatoms. The van der Waals surface area contributed by atoms with Crippen molar-refractivity contribution in [3.05, 3.63) is 46.8 Å². The van der Waals surface area contributed by atoms with E-state index in [9.17, 15) is 0 Å². The predicted octanol–water partition coefficient (Wildman–Crippen LogP) is 2.67. The summed E-state index contributed by atoms with van der Waals surface area (Å²) in [5, 5.41) is 17.3. The van der Waals surface area contributed by atoms with Gasteiger partial charge < -0.3 is 10.2 Å². The van der Waals surface area contributed by atoms with E-state index in [-0.39, 0.29) is 0 Å². The molecule has 0 amide bonds. The quantitative estimate of drug-likeness (QED) is 0.635. The van der Waals surface area contributed by atoms with Crippen molar-refractivity contribution in [1.29, 1.82) is 0 Å². The first-order valence-corrected chi connectivity index (χ1v) is 9.39. The van der Waals surface area contributed by atoms with Crippen molar-refractivity contribution >= 4 is 34.6 Å². The van der Waals surface area contributed by atoms with E-state index in [4.69, 9.17) is 23.8 Å². The summed E-state index contributed by atoms with van der Waals surface area (Å²) in [6.45, 7) is 6.24. The minimum Gasteiger partial charge on any atom is -0.346 e. The maximum Gasteiger partial charge on any atom is 0.173 e. The van der Waals surface area contributed by atoms with Gasteiger partial charge in [0.15, 0.2) is 5.11 Å². The lowest BCUT2D eigenvalue weighted by Gasteiger charge is -2.20. The van der Waals surface area contributed by atoms with Gasteiger partial charge in [0.25, 0.3) is 0 Å². The van der Waals surface area contributed by atoms with Gasteiger partial charge in [0, 0.05) is 38.1 Å². The van der Waals surface area contributed by atoms with Gasteiger partial charge in [-0.05, 0) is 26.1 Å². The molecular formula is C17H23ClN8S. The third-order valence-corrected chi connectivity index (χ3v) is 5.19. The molecule has 3 aromatic rings. The third kappa shape index (κ3) is 4.30. The highest BCUT2D eigenvalue weighted by Gasteiger charge is 2.13. The zero-order chi connectivity index (χ0) is 19.6. The topological polar surface area (TPSA) is 68.7 Å². The van der Waals surface area contributed by atoms with E-state index in [0.29, 0.717) is 23.2 Å². The molecule has 3 heterocycles. The number of hydrogen-bond donors (Lipinski definition) is 1. The van der Waals surface area contributed by atoms with E-state index in [2.05, 4.69) is 34.5 Å². The van der Waals surface area contributed by atoms with Crippen molar-refractivity contribution in [2.45, 2.75) is 33.5 Å². The van der Waals surface area contributed by atoms with Crippen molar-refractivity contribution in [3.8, 4) is 0 Å². The van der Waals surface area contributed by atoms with Gasteiger partial charge >= 0.3 is 0 Å². The van der Waals surface area contributed by atoms with Crippen LogP contribution < -0.4 is 5.32 Å². The highest BCUT2D eigenvalue weighted by Crippen LogP contribution is 2.17. The van der Waals surface area contributed by atoms with Crippen LogP contribution in [0.3, 0.4) is 0 Å². The number of aryl methyl sites for hydroxylation is 2. The molecule has 8 nitrogen and oxygen atoms in total. The van der Waals surface area contributed by atoms with Crippen LogP contribution in [0.25, 0.3) is 0 Å². The number of halogens is 1. The zero-order valence-electron chi connectivity index (χ0n) is 15.8. The standard InChI is InChI=1S/C17H23ClN8S/c1-5-26-12(2)13(6-21-26)9-25-10-14(7-20-25)22-17(27)23(3)11-16-15(18)8-19-24(16)4/h6-8,10H,5,9,11H2,1-4H3,(H,22,27). The van der Waals surface area contributed by atoms with Crippen LogP contribution in [0.1, 0.15) is 23.9 Å². The Morgan fingerprint density at radius 1 is 1.26 bits per heavy atom. The molecular weight excluding hydrogens is 384 g/mol. The van der Waals surface area contributed by atoms with Crippen LogP contribution in [0.5, 0.6) is 0 Å². The van der Waals surface area contributed by atoms with Crippen molar-refractivity contribution in [2.24, 2.45) is 7.05 Å². The van der Waals surface area contributed by atoms with Gasteiger partial charge in [0.2, 0.25) is 0 Å². The van der Waals surface area contributed by atoms with Crippen LogP contribution in [0, 0.1) is 6.92 Å². The largest absolute Gasteiger partial charge is 0.346 e.